The topological polar surface area (TPSA) is 84.5 Å². The summed E-state index contributed by atoms with van der Waals surface area (Å²) >= 11 is 0. The van der Waals surface area contributed by atoms with E-state index >= 15 is 0 Å². The Morgan fingerprint density at radius 3 is 2.65 bits per heavy atom. The summed E-state index contributed by atoms with van der Waals surface area (Å²) in [6.07, 6.45) is 3.90. The number of nitrogens with one attached hydrogen (secondary N) is 2. The van der Waals surface area contributed by atoms with Crippen molar-refractivity contribution in [1.82, 2.24) is 10.6 Å². The number of carbonyl (C=O) groups is 1. The molecule has 2 heterocycles. The maximum Gasteiger partial charge on any atom is 0.222 e. The smallest absolute Gasteiger partial charge is 0.222 e. The van der Waals surface area contributed by atoms with Crippen LogP contribution in [0.2, 0.25) is 0 Å². The highest BCUT2D eigenvalue weighted by molar-refractivity contribution is 7.92. The Kier molecular flexibility index (Phi) is 5.80. The molecule has 0 radical (unpaired) electrons. The van der Waals surface area contributed by atoms with Gasteiger partial charge in [-0.3, -0.25) is 4.79 Å². The van der Waals surface area contributed by atoms with Gasteiger partial charge < -0.3 is 15.4 Å². The van der Waals surface area contributed by atoms with Crippen LogP contribution < -0.4 is 10.6 Å². The van der Waals surface area contributed by atoms with E-state index in [0.717, 1.165) is 25.9 Å². The first-order chi connectivity index (χ1) is 9.58. The lowest BCUT2D eigenvalue weighted by molar-refractivity contribution is -0.122. The minimum absolute atomic E-state index is 0.124. The lowest BCUT2D eigenvalue weighted by Crippen LogP contribution is -2.36. The minimum Gasteiger partial charge on any atom is -0.378 e. The van der Waals surface area contributed by atoms with Crippen molar-refractivity contribution in [1.29, 1.82) is 0 Å². The second-order valence-corrected chi connectivity index (χ2v) is 7.91. The maximum absolute atomic E-state index is 11.7. The summed E-state index contributed by atoms with van der Waals surface area (Å²) in [4.78, 5) is 11.7. The highest BCUT2D eigenvalue weighted by atomic mass is 32.2. The van der Waals surface area contributed by atoms with Crippen molar-refractivity contribution in [3.05, 3.63) is 0 Å². The Morgan fingerprint density at radius 1 is 1.25 bits per heavy atom. The third kappa shape index (κ3) is 4.71. The first-order valence-electron chi connectivity index (χ1n) is 7.38. The molecule has 2 fully saturated rings. The van der Waals surface area contributed by atoms with Crippen molar-refractivity contribution >= 4 is 15.7 Å². The van der Waals surface area contributed by atoms with Gasteiger partial charge in [-0.05, 0) is 38.8 Å². The number of carbonyl (C=O) groups excluding carboxylic acids is 1. The van der Waals surface area contributed by atoms with Gasteiger partial charge in [0.25, 0.3) is 0 Å². The van der Waals surface area contributed by atoms with Gasteiger partial charge in [0, 0.05) is 13.0 Å². The molecular weight excluding hydrogens is 280 g/mol. The Labute approximate surface area is 120 Å². The van der Waals surface area contributed by atoms with E-state index in [0.29, 0.717) is 25.9 Å². The van der Waals surface area contributed by atoms with Crippen LogP contribution in [0, 0.1) is 0 Å². The van der Waals surface area contributed by atoms with Crippen molar-refractivity contribution in [3.63, 3.8) is 0 Å². The van der Waals surface area contributed by atoms with Crippen LogP contribution in [0.15, 0.2) is 0 Å². The fraction of sp³-hybridized carbons (Fsp3) is 0.923. The molecular formula is C13H24N2O4S. The Hall–Kier alpha value is -0.660. The molecule has 6 nitrogen and oxygen atoms in total. The van der Waals surface area contributed by atoms with Crippen molar-refractivity contribution in [2.45, 2.75) is 43.5 Å². The molecule has 1 amide bonds. The average Bonchev–Trinajstić information content (AvgIpc) is 2.76. The fourth-order valence-corrected chi connectivity index (χ4v) is 4.45. The number of rotatable bonds is 6. The van der Waals surface area contributed by atoms with Crippen LogP contribution in [0.25, 0.3) is 0 Å². The lowest BCUT2D eigenvalue weighted by atomic mass is 10.1. The normalized spacial score (nSPS) is 26.5. The zero-order valence-corrected chi connectivity index (χ0v) is 12.6. The van der Waals surface area contributed by atoms with Crippen molar-refractivity contribution in [3.8, 4) is 0 Å². The van der Waals surface area contributed by atoms with Crippen molar-refractivity contribution in [2.24, 2.45) is 0 Å². The summed E-state index contributed by atoms with van der Waals surface area (Å²) < 4.78 is 28.9. The van der Waals surface area contributed by atoms with E-state index in [-0.39, 0.29) is 24.3 Å². The molecule has 0 aromatic heterocycles. The fourth-order valence-electron chi connectivity index (χ4n) is 2.68. The van der Waals surface area contributed by atoms with E-state index in [4.69, 9.17) is 4.74 Å². The molecule has 116 valence electrons. The molecule has 0 saturated carbocycles. The van der Waals surface area contributed by atoms with Crippen molar-refractivity contribution < 1.29 is 17.9 Å². The zero-order chi connectivity index (χ0) is 14.4. The summed E-state index contributed by atoms with van der Waals surface area (Å²) in [5.74, 6) is 0.132. The van der Waals surface area contributed by atoms with E-state index in [1.165, 1.54) is 0 Å². The minimum atomic E-state index is -2.97. The van der Waals surface area contributed by atoms with Gasteiger partial charge in [0.15, 0.2) is 9.84 Å². The van der Waals surface area contributed by atoms with Crippen LogP contribution in [-0.4, -0.2) is 57.7 Å². The van der Waals surface area contributed by atoms with Crippen LogP contribution in [0.3, 0.4) is 0 Å². The number of hydrogen-bond acceptors (Lipinski definition) is 5. The van der Waals surface area contributed by atoms with Crippen molar-refractivity contribution in [2.75, 3.05) is 32.0 Å². The van der Waals surface area contributed by atoms with Crippen LogP contribution in [0.5, 0.6) is 0 Å². The molecule has 2 rings (SSSR count). The van der Waals surface area contributed by atoms with Gasteiger partial charge in [0.1, 0.15) is 0 Å². The SMILES string of the molecule is O=C(CCOC1CCNCC1)NCC1CCCS1(=O)=O. The molecule has 0 spiro atoms. The van der Waals surface area contributed by atoms with Gasteiger partial charge in [-0.15, -0.1) is 0 Å². The Balaban J connectivity index is 1.58. The molecule has 1 unspecified atom stereocenters. The summed E-state index contributed by atoms with van der Waals surface area (Å²) in [6.45, 7) is 2.59. The quantitative estimate of drug-likeness (QED) is 0.712. The van der Waals surface area contributed by atoms with E-state index in [1.54, 1.807) is 0 Å². The van der Waals surface area contributed by atoms with Gasteiger partial charge in [0.05, 0.1) is 23.7 Å². The largest absolute Gasteiger partial charge is 0.378 e. The molecule has 2 saturated heterocycles. The predicted octanol–water partition coefficient (Wildman–Crippen LogP) is -0.161. The number of sulfone groups is 1. The Morgan fingerprint density at radius 2 is 2.00 bits per heavy atom. The molecule has 20 heavy (non-hydrogen) atoms. The first kappa shape index (κ1) is 15.7. The number of hydrogen-bond donors (Lipinski definition) is 2. The molecule has 2 aliphatic rings. The molecule has 2 N–H and O–H groups in total. The summed E-state index contributed by atoms with van der Waals surface area (Å²) in [5, 5.41) is 5.57. The average molecular weight is 304 g/mol. The maximum atomic E-state index is 11.7. The van der Waals surface area contributed by atoms with Gasteiger partial charge in [-0.1, -0.05) is 0 Å². The van der Waals surface area contributed by atoms with Gasteiger partial charge >= 0.3 is 0 Å². The van der Waals surface area contributed by atoms with Crippen LogP contribution in [0.1, 0.15) is 32.1 Å². The molecule has 0 aromatic carbocycles. The van der Waals surface area contributed by atoms with E-state index < -0.39 is 15.1 Å². The predicted molar refractivity (Wildman–Crippen MR) is 76.3 cm³/mol. The van der Waals surface area contributed by atoms with Gasteiger partial charge in [-0.25, -0.2) is 8.42 Å². The first-order valence-corrected chi connectivity index (χ1v) is 9.10. The zero-order valence-electron chi connectivity index (χ0n) is 11.8. The number of amides is 1. The molecule has 0 bridgehead atoms. The van der Waals surface area contributed by atoms with Crippen LogP contribution in [-0.2, 0) is 19.4 Å². The number of piperidine rings is 1. The Bertz CT molecular complexity index is 418. The summed E-state index contributed by atoms with van der Waals surface area (Å²) in [7, 11) is -2.97. The van der Waals surface area contributed by atoms with Crippen LogP contribution >= 0.6 is 0 Å². The monoisotopic (exact) mass is 304 g/mol. The van der Waals surface area contributed by atoms with E-state index in [1.807, 2.05) is 0 Å². The summed E-state index contributed by atoms with van der Waals surface area (Å²) in [5.41, 5.74) is 0. The van der Waals surface area contributed by atoms with Gasteiger partial charge in [-0.2, -0.15) is 0 Å². The third-order valence-corrected chi connectivity index (χ3v) is 6.23. The second kappa shape index (κ2) is 7.38. The molecule has 7 heteroatoms. The van der Waals surface area contributed by atoms with E-state index in [9.17, 15) is 13.2 Å². The highest BCUT2D eigenvalue weighted by Crippen LogP contribution is 2.19. The van der Waals surface area contributed by atoms with E-state index in [2.05, 4.69) is 10.6 Å². The lowest BCUT2D eigenvalue weighted by Gasteiger charge is -2.22. The number of ether oxygens (including phenoxy) is 1. The summed E-state index contributed by atoms with van der Waals surface area (Å²) in [6, 6.07) is 0. The van der Waals surface area contributed by atoms with Crippen LogP contribution in [0.4, 0.5) is 0 Å². The molecule has 1 atom stereocenters. The molecule has 0 aliphatic carbocycles. The molecule has 0 aromatic rings. The molecule has 2 aliphatic heterocycles. The third-order valence-electron chi connectivity index (χ3n) is 3.96. The second-order valence-electron chi connectivity index (χ2n) is 5.51. The highest BCUT2D eigenvalue weighted by Gasteiger charge is 2.31. The standard InChI is InChI=1S/C13H24N2O4S/c16-13(5-8-19-11-3-6-14-7-4-11)15-10-12-2-1-9-20(12,17)18/h11-12,14H,1-10H2,(H,15,16). The van der Waals surface area contributed by atoms with Gasteiger partial charge in [0.2, 0.25) is 5.91 Å².